The van der Waals surface area contributed by atoms with E-state index in [2.05, 4.69) is 10.1 Å². The van der Waals surface area contributed by atoms with Gasteiger partial charge in [-0.3, -0.25) is 13.9 Å². The number of methoxy groups -OCH3 is 1. The summed E-state index contributed by atoms with van der Waals surface area (Å²) in [6.45, 7) is 2.20. The highest BCUT2D eigenvalue weighted by molar-refractivity contribution is 7.17. The molecule has 0 saturated carbocycles. The number of thiophene rings is 1. The average Bonchev–Trinajstić information content (AvgIpc) is 3.50. The highest BCUT2D eigenvalue weighted by atomic mass is 32.1. The lowest BCUT2D eigenvalue weighted by Crippen LogP contribution is -2.40. The molecule has 0 aliphatic carbocycles. The van der Waals surface area contributed by atoms with Crippen LogP contribution in [0.15, 0.2) is 74.1 Å². The van der Waals surface area contributed by atoms with E-state index in [1.807, 2.05) is 43.3 Å². The maximum atomic E-state index is 13.4. The highest BCUT2D eigenvalue weighted by Gasteiger charge is 2.17. The molecule has 0 amide bonds. The van der Waals surface area contributed by atoms with Gasteiger partial charge in [-0.25, -0.2) is 4.79 Å². The van der Waals surface area contributed by atoms with Crippen LogP contribution in [-0.4, -0.2) is 26.4 Å². The molecule has 2 aromatic carbocycles. The fraction of sp³-hybridized carbons (Fsp3) is 0.167. The van der Waals surface area contributed by atoms with Gasteiger partial charge in [0.05, 0.1) is 19.2 Å². The van der Waals surface area contributed by atoms with E-state index in [4.69, 9.17) is 9.26 Å². The molecule has 5 aromatic rings. The third-order valence-electron chi connectivity index (χ3n) is 5.37. The van der Waals surface area contributed by atoms with Crippen molar-refractivity contribution in [2.45, 2.75) is 20.0 Å². The first-order chi connectivity index (χ1) is 16.0. The van der Waals surface area contributed by atoms with Gasteiger partial charge in [0.15, 0.2) is 0 Å². The first-order valence-corrected chi connectivity index (χ1v) is 11.1. The monoisotopic (exact) mass is 460 g/mol. The van der Waals surface area contributed by atoms with Gasteiger partial charge < -0.3 is 9.26 Å². The van der Waals surface area contributed by atoms with Gasteiger partial charge in [-0.15, -0.1) is 11.3 Å². The van der Waals surface area contributed by atoms with E-state index in [9.17, 15) is 9.59 Å². The quantitative estimate of drug-likeness (QED) is 0.384. The second-order valence-electron chi connectivity index (χ2n) is 7.62. The smallest absolute Gasteiger partial charge is 0.332 e. The molecule has 0 aliphatic rings. The van der Waals surface area contributed by atoms with Crippen LogP contribution in [0.4, 0.5) is 0 Å². The number of hydrogen-bond acceptors (Lipinski definition) is 7. The molecule has 5 rings (SSSR count). The van der Waals surface area contributed by atoms with Gasteiger partial charge in [0.25, 0.3) is 5.56 Å². The Balaban J connectivity index is 1.54. The van der Waals surface area contributed by atoms with Crippen molar-refractivity contribution < 1.29 is 9.26 Å². The Labute approximate surface area is 192 Å². The molecule has 33 heavy (non-hydrogen) atoms. The summed E-state index contributed by atoms with van der Waals surface area (Å²) < 4.78 is 13.9. The number of nitrogens with zero attached hydrogens (tertiary/aromatic N) is 4. The molecule has 9 heteroatoms. The third kappa shape index (κ3) is 3.98. The molecule has 0 unspecified atom stereocenters. The minimum absolute atomic E-state index is 0.0633. The Morgan fingerprint density at radius 1 is 1.03 bits per heavy atom. The van der Waals surface area contributed by atoms with E-state index in [1.165, 1.54) is 20.5 Å². The first-order valence-electron chi connectivity index (χ1n) is 10.3. The van der Waals surface area contributed by atoms with Gasteiger partial charge in [0.2, 0.25) is 11.7 Å². The van der Waals surface area contributed by atoms with E-state index in [1.54, 1.807) is 30.7 Å². The molecular weight excluding hydrogens is 440 g/mol. The standard InChI is InChI=1S/C24H20N4O4S/c1-15-4-3-5-17(12-15)22-25-20(32-26-22)14-27-19-10-11-33-21(19)23(29)28(24(27)30)13-16-6-8-18(31-2)9-7-16/h3-12H,13-14H2,1-2H3. The fourth-order valence-electron chi connectivity index (χ4n) is 3.69. The van der Waals surface area contributed by atoms with Gasteiger partial charge in [-0.05, 0) is 42.1 Å². The van der Waals surface area contributed by atoms with Crippen molar-refractivity contribution in [2.24, 2.45) is 0 Å². The second-order valence-corrected chi connectivity index (χ2v) is 8.54. The summed E-state index contributed by atoms with van der Waals surface area (Å²) in [4.78, 5) is 30.9. The Hall–Kier alpha value is -3.98. The van der Waals surface area contributed by atoms with E-state index in [-0.39, 0.29) is 24.5 Å². The molecule has 166 valence electrons. The zero-order chi connectivity index (χ0) is 22.9. The van der Waals surface area contributed by atoms with Crippen molar-refractivity contribution in [3.05, 3.63) is 97.8 Å². The van der Waals surface area contributed by atoms with Crippen molar-refractivity contribution in [3.8, 4) is 17.1 Å². The number of aryl methyl sites for hydroxylation is 1. The minimum Gasteiger partial charge on any atom is -0.497 e. The highest BCUT2D eigenvalue weighted by Crippen LogP contribution is 2.20. The molecule has 0 bridgehead atoms. The van der Waals surface area contributed by atoms with Crippen LogP contribution in [-0.2, 0) is 13.1 Å². The van der Waals surface area contributed by atoms with E-state index in [0.29, 0.717) is 21.8 Å². The number of aromatic nitrogens is 4. The van der Waals surface area contributed by atoms with Crippen LogP contribution < -0.4 is 16.0 Å². The lowest BCUT2D eigenvalue weighted by atomic mass is 10.1. The Bertz CT molecular complexity index is 1560. The molecule has 0 aliphatic heterocycles. The van der Waals surface area contributed by atoms with Gasteiger partial charge in [-0.1, -0.05) is 41.1 Å². The predicted octanol–water partition coefficient (Wildman–Crippen LogP) is 3.69. The van der Waals surface area contributed by atoms with Crippen LogP contribution in [0.25, 0.3) is 21.6 Å². The third-order valence-corrected chi connectivity index (χ3v) is 6.27. The van der Waals surface area contributed by atoms with Gasteiger partial charge >= 0.3 is 5.69 Å². The molecule has 0 saturated heterocycles. The predicted molar refractivity (Wildman–Crippen MR) is 126 cm³/mol. The summed E-state index contributed by atoms with van der Waals surface area (Å²) in [6, 6.07) is 16.8. The Kier molecular flexibility index (Phi) is 5.39. The van der Waals surface area contributed by atoms with Crippen LogP contribution in [0.5, 0.6) is 5.75 Å². The van der Waals surface area contributed by atoms with Crippen LogP contribution >= 0.6 is 11.3 Å². The van der Waals surface area contributed by atoms with Crippen LogP contribution in [0.3, 0.4) is 0 Å². The normalized spacial score (nSPS) is 11.2. The number of rotatable bonds is 6. The SMILES string of the molecule is COc1ccc(Cn2c(=O)c3sccc3n(Cc3nc(-c4cccc(C)c4)no3)c2=O)cc1. The van der Waals surface area contributed by atoms with Gasteiger partial charge in [0, 0.05) is 5.56 Å². The lowest BCUT2D eigenvalue weighted by Gasteiger charge is -2.11. The summed E-state index contributed by atoms with van der Waals surface area (Å²) in [5.41, 5.74) is 2.54. The zero-order valence-corrected chi connectivity index (χ0v) is 18.8. The number of fused-ring (bicyclic) bond motifs is 1. The molecule has 0 radical (unpaired) electrons. The summed E-state index contributed by atoms with van der Waals surface area (Å²) in [6.07, 6.45) is 0. The largest absolute Gasteiger partial charge is 0.497 e. The Morgan fingerprint density at radius 3 is 2.61 bits per heavy atom. The van der Waals surface area contributed by atoms with Gasteiger partial charge in [-0.2, -0.15) is 4.98 Å². The second kappa shape index (κ2) is 8.51. The van der Waals surface area contributed by atoms with E-state index in [0.717, 1.165) is 16.7 Å². The first kappa shape index (κ1) is 20.9. The fourth-order valence-corrected chi connectivity index (χ4v) is 4.54. The number of ether oxygens (including phenoxy) is 1. The molecular formula is C24H20N4O4S. The average molecular weight is 461 g/mol. The van der Waals surface area contributed by atoms with Crippen LogP contribution in [0.1, 0.15) is 17.0 Å². The molecule has 8 nitrogen and oxygen atoms in total. The maximum Gasteiger partial charge on any atom is 0.332 e. The van der Waals surface area contributed by atoms with Crippen LogP contribution in [0.2, 0.25) is 0 Å². The minimum atomic E-state index is -0.433. The van der Waals surface area contributed by atoms with E-state index >= 15 is 0 Å². The van der Waals surface area contributed by atoms with Gasteiger partial charge in [0.1, 0.15) is 17.0 Å². The topological polar surface area (TPSA) is 92.2 Å². The molecule has 0 fully saturated rings. The maximum absolute atomic E-state index is 13.4. The summed E-state index contributed by atoms with van der Waals surface area (Å²) in [5, 5.41) is 5.86. The zero-order valence-electron chi connectivity index (χ0n) is 18.0. The number of benzene rings is 2. The number of hydrogen-bond donors (Lipinski definition) is 0. The van der Waals surface area contributed by atoms with Crippen molar-refractivity contribution in [1.29, 1.82) is 0 Å². The summed E-state index contributed by atoms with van der Waals surface area (Å²) in [7, 11) is 1.59. The molecule has 0 atom stereocenters. The molecule has 3 aromatic heterocycles. The molecule has 0 spiro atoms. The summed E-state index contributed by atoms with van der Waals surface area (Å²) in [5.74, 6) is 1.45. The van der Waals surface area contributed by atoms with E-state index < -0.39 is 5.69 Å². The lowest BCUT2D eigenvalue weighted by molar-refractivity contribution is 0.369. The molecule has 0 N–H and O–H groups in total. The van der Waals surface area contributed by atoms with Crippen molar-refractivity contribution >= 4 is 21.6 Å². The van der Waals surface area contributed by atoms with Crippen molar-refractivity contribution in [3.63, 3.8) is 0 Å². The van der Waals surface area contributed by atoms with Crippen molar-refractivity contribution in [2.75, 3.05) is 7.11 Å². The van der Waals surface area contributed by atoms with Crippen molar-refractivity contribution in [1.82, 2.24) is 19.3 Å². The Morgan fingerprint density at radius 2 is 1.85 bits per heavy atom. The summed E-state index contributed by atoms with van der Waals surface area (Å²) >= 11 is 1.30. The molecule has 3 heterocycles. The van der Waals surface area contributed by atoms with Crippen LogP contribution in [0, 0.1) is 6.92 Å².